The van der Waals surface area contributed by atoms with Gasteiger partial charge in [0.05, 0.1) is 4.92 Å². The molecule has 2 aromatic rings. The number of hydrogen-bond donors (Lipinski definition) is 2. The summed E-state index contributed by atoms with van der Waals surface area (Å²) in [4.78, 5) is 21.5. The third-order valence-corrected chi connectivity index (χ3v) is 3.57. The SMILES string of the molecule is O=C(O)C(Nc1c([N+](=O)[O-])ccc(F)c1F)c1cccs1. The zero-order valence-electron chi connectivity index (χ0n) is 10.2. The zero-order chi connectivity index (χ0) is 15.6. The second-order valence-electron chi connectivity index (χ2n) is 3.94. The number of carboxylic acid groups (broad SMARTS) is 1. The Balaban J connectivity index is 2.48. The zero-order valence-corrected chi connectivity index (χ0v) is 11.1. The van der Waals surface area contributed by atoms with E-state index in [9.17, 15) is 23.7 Å². The van der Waals surface area contributed by atoms with E-state index < -0.39 is 39.9 Å². The predicted molar refractivity (Wildman–Crippen MR) is 71.3 cm³/mol. The molecule has 110 valence electrons. The standard InChI is InChI=1S/C12H8F2N2O4S/c13-6-3-4-7(16(19)20)10(9(6)14)15-11(12(17)18)8-2-1-5-21-8/h1-5,11,15H,(H,17,18). The molecule has 0 saturated heterocycles. The summed E-state index contributed by atoms with van der Waals surface area (Å²) in [6, 6.07) is 3.01. The summed E-state index contributed by atoms with van der Waals surface area (Å²) in [5.74, 6) is -4.17. The van der Waals surface area contributed by atoms with Crippen LogP contribution < -0.4 is 5.32 Å². The Morgan fingerprint density at radius 2 is 2.10 bits per heavy atom. The molecule has 1 atom stereocenters. The molecular formula is C12H8F2N2O4S. The van der Waals surface area contributed by atoms with Crippen molar-refractivity contribution in [2.45, 2.75) is 6.04 Å². The molecule has 0 radical (unpaired) electrons. The number of thiophene rings is 1. The second kappa shape index (κ2) is 5.83. The van der Waals surface area contributed by atoms with Gasteiger partial charge in [-0.3, -0.25) is 10.1 Å². The Morgan fingerprint density at radius 3 is 2.62 bits per heavy atom. The fourth-order valence-electron chi connectivity index (χ4n) is 1.68. The Bertz CT molecular complexity index is 691. The average Bonchev–Trinajstić information content (AvgIpc) is 2.93. The normalized spacial score (nSPS) is 11.9. The summed E-state index contributed by atoms with van der Waals surface area (Å²) < 4.78 is 27.0. The average molecular weight is 314 g/mol. The van der Waals surface area contributed by atoms with Gasteiger partial charge in [0, 0.05) is 10.9 Å². The van der Waals surface area contributed by atoms with Crippen molar-refractivity contribution in [1.29, 1.82) is 0 Å². The number of nitrogens with zero attached hydrogens (tertiary/aromatic N) is 1. The van der Waals surface area contributed by atoms with Crippen LogP contribution in [0.3, 0.4) is 0 Å². The van der Waals surface area contributed by atoms with Crippen LogP contribution in [-0.4, -0.2) is 16.0 Å². The highest BCUT2D eigenvalue weighted by atomic mass is 32.1. The van der Waals surface area contributed by atoms with Crippen LogP contribution in [0.1, 0.15) is 10.9 Å². The summed E-state index contributed by atoms with van der Waals surface area (Å²) in [7, 11) is 0. The largest absolute Gasteiger partial charge is 0.479 e. The van der Waals surface area contributed by atoms with Crippen molar-refractivity contribution in [2.75, 3.05) is 5.32 Å². The van der Waals surface area contributed by atoms with Crippen LogP contribution in [0.15, 0.2) is 29.6 Å². The minimum atomic E-state index is -1.49. The van der Waals surface area contributed by atoms with E-state index in [1.54, 1.807) is 11.4 Å². The lowest BCUT2D eigenvalue weighted by Gasteiger charge is -2.15. The van der Waals surface area contributed by atoms with Crippen LogP contribution >= 0.6 is 11.3 Å². The summed E-state index contributed by atoms with van der Waals surface area (Å²) in [6.45, 7) is 0. The maximum absolute atomic E-state index is 13.8. The first-order chi connectivity index (χ1) is 9.91. The van der Waals surface area contributed by atoms with E-state index in [1.165, 1.54) is 6.07 Å². The van der Waals surface area contributed by atoms with Gasteiger partial charge in [0.15, 0.2) is 23.4 Å². The van der Waals surface area contributed by atoms with Crippen LogP contribution in [0.4, 0.5) is 20.2 Å². The number of anilines is 1. The van der Waals surface area contributed by atoms with Gasteiger partial charge in [-0.2, -0.15) is 0 Å². The van der Waals surface area contributed by atoms with E-state index in [4.69, 9.17) is 5.11 Å². The molecule has 0 amide bonds. The topological polar surface area (TPSA) is 92.5 Å². The number of aliphatic carboxylic acids is 1. The number of nitrogens with one attached hydrogen (secondary N) is 1. The van der Waals surface area contributed by atoms with Crippen LogP contribution in [0.5, 0.6) is 0 Å². The first kappa shape index (κ1) is 14.9. The van der Waals surface area contributed by atoms with Gasteiger partial charge < -0.3 is 10.4 Å². The summed E-state index contributed by atoms with van der Waals surface area (Å²) in [5, 5.41) is 23.8. The minimum absolute atomic E-state index is 0.306. The van der Waals surface area contributed by atoms with Gasteiger partial charge in [-0.1, -0.05) is 6.07 Å². The van der Waals surface area contributed by atoms with Gasteiger partial charge >= 0.3 is 5.97 Å². The number of hydrogen-bond acceptors (Lipinski definition) is 5. The quantitative estimate of drug-likeness (QED) is 0.653. The molecule has 9 heteroatoms. The highest BCUT2D eigenvalue weighted by Crippen LogP contribution is 2.33. The highest BCUT2D eigenvalue weighted by Gasteiger charge is 2.28. The van der Waals surface area contributed by atoms with Crippen LogP contribution in [-0.2, 0) is 4.79 Å². The maximum Gasteiger partial charge on any atom is 0.331 e. The number of nitro groups is 1. The van der Waals surface area contributed by atoms with Crippen molar-refractivity contribution in [3.63, 3.8) is 0 Å². The fraction of sp³-hybridized carbons (Fsp3) is 0.0833. The Hall–Kier alpha value is -2.55. The maximum atomic E-state index is 13.8. The third kappa shape index (κ3) is 2.97. The lowest BCUT2D eigenvalue weighted by molar-refractivity contribution is -0.384. The summed E-state index contributed by atoms with van der Waals surface area (Å²) in [5.41, 5.74) is -1.53. The van der Waals surface area contributed by atoms with Crippen LogP contribution in [0.25, 0.3) is 0 Å². The summed E-state index contributed by atoms with van der Waals surface area (Å²) >= 11 is 1.07. The van der Waals surface area contributed by atoms with Crippen molar-refractivity contribution >= 4 is 28.7 Å². The van der Waals surface area contributed by atoms with E-state index >= 15 is 0 Å². The second-order valence-corrected chi connectivity index (χ2v) is 4.92. The van der Waals surface area contributed by atoms with Crippen molar-refractivity contribution < 1.29 is 23.6 Å². The van der Waals surface area contributed by atoms with Gasteiger partial charge in [0.25, 0.3) is 5.69 Å². The van der Waals surface area contributed by atoms with E-state index in [2.05, 4.69) is 5.32 Å². The smallest absolute Gasteiger partial charge is 0.331 e. The van der Waals surface area contributed by atoms with Gasteiger partial charge in [-0.05, 0) is 17.5 Å². The lowest BCUT2D eigenvalue weighted by Crippen LogP contribution is -2.21. The molecule has 2 N–H and O–H groups in total. The first-order valence-electron chi connectivity index (χ1n) is 5.57. The number of halogens is 2. The Kier molecular flexibility index (Phi) is 4.13. The van der Waals surface area contributed by atoms with Gasteiger partial charge in [0.2, 0.25) is 0 Å². The number of benzene rings is 1. The van der Waals surface area contributed by atoms with Gasteiger partial charge in [-0.15, -0.1) is 11.3 Å². The molecule has 1 aromatic carbocycles. The molecule has 6 nitrogen and oxygen atoms in total. The molecule has 2 rings (SSSR count). The van der Waals surface area contributed by atoms with Crippen molar-refractivity contribution in [3.8, 4) is 0 Å². The Morgan fingerprint density at radius 1 is 1.38 bits per heavy atom. The van der Waals surface area contributed by atoms with Crippen LogP contribution in [0, 0.1) is 21.7 Å². The van der Waals surface area contributed by atoms with Crippen molar-refractivity contribution in [1.82, 2.24) is 0 Å². The summed E-state index contributed by atoms with van der Waals surface area (Å²) in [6.07, 6.45) is 0. The number of nitro benzene ring substituents is 1. The molecule has 21 heavy (non-hydrogen) atoms. The lowest BCUT2D eigenvalue weighted by atomic mass is 10.2. The van der Waals surface area contributed by atoms with Gasteiger partial charge in [0.1, 0.15) is 0 Å². The van der Waals surface area contributed by atoms with Crippen molar-refractivity contribution in [3.05, 3.63) is 56.3 Å². The van der Waals surface area contributed by atoms with Gasteiger partial charge in [-0.25, -0.2) is 13.6 Å². The number of carboxylic acids is 1. The Labute approximate surface area is 120 Å². The molecule has 0 aliphatic carbocycles. The molecule has 0 aliphatic heterocycles. The third-order valence-electron chi connectivity index (χ3n) is 2.63. The van der Waals surface area contributed by atoms with E-state index in [0.29, 0.717) is 10.9 Å². The van der Waals surface area contributed by atoms with E-state index in [1.807, 2.05) is 0 Å². The van der Waals surface area contributed by atoms with E-state index in [0.717, 1.165) is 17.4 Å². The monoisotopic (exact) mass is 314 g/mol. The fourth-order valence-corrected chi connectivity index (χ4v) is 2.45. The molecule has 0 fully saturated rings. The number of rotatable bonds is 5. The first-order valence-corrected chi connectivity index (χ1v) is 6.45. The molecule has 0 spiro atoms. The molecule has 1 aromatic heterocycles. The molecule has 0 bridgehead atoms. The van der Waals surface area contributed by atoms with Crippen LogP contribution in [0.2, 0.25) is 0 Å². The molecule has 0 aliphatic rings. The van der Waals surface area contributed by atoms with Crippen molar-refractivity contribution in [2.24, 2.45) is 0 Å². The minimum Gasteiger partial charge on any atom is -0.479 e. The molecule has 0 saturated carbocycles. The molecular weight excluding hydrogens is 306 g/mol. The van der Waals surface area contributed by atoms with E-state index in [-0.39, 0.29) is 0 Å². The predicted octanol–water partition coefficient (Wildman–Crippen LogP) is 3.17. The molecule has 1 unspecified atom stereocenters. The highest BCUT2D eigenvalue weighted by molar-refractivity contribution is 7.10. The number of carbonyl (C=O) groups is 1. The molecule has 1 heterocycles.